The van der Waals surface area contributed by atoms with E-state index in [4.69, 9.17) is 23.3 Å². The number of nitrogens with zero attached hydrogens (tertiary/aromatic N) is 5. The van der Waals surface area contributed by atoms with Gasteiger partial charge in [-0.1, -0.05) is 207 Å². The molecule has 0 aliphatic carbocycles. The number of hydrogen-bond donors (Lipinski definition) is 0. The molecule has 5 heterocycles. The molecule has 0 radical (unpaired) electrons. The molecule has 0 bridgehead atoms. The second kappa shape index (κ2) is 45.1. The molecular weight excluding hydrogens is 1240 g/mol. The summed E-state index contributed by atoms with van der Waals surface area (Å²) in [7, 11) is 9.70. The van der Waals surface area contributed by atoms with E-state index in [1.807, 2.05) is 82.6 Å². The largest absolute Gasteiger partial charge is 0.212 e. The quantitative estimate of drug-likeness (QED) is 0.128. The SMILES string of the molecule is C.C.C.C.C.C.C.C.C.C.Cc1ccc(-c2cc(C(C)C)c(C)c[n+]2C)c(C)c1.Cc1ccc(-c2cc(C)c(C(C)C)c[n+]2C)c(C)c1.[2H]C([2H])([2H])c1c[n+](C)c(-c2ccc(C([2H])(C)C([2H])([2H])[2H])cc2C)cc1C.[2H]C([2H])([2H])c1ccc(-c2cc(C)c(C([2H])([2H])[2H])c[n+]2C)c(C)c1.[2H]C([2H])([2H])c1ccc(-c2ccc(C([2H])(C)C)cc2C)[n+](C)c1. The summed E-state index contributed by atoms with van der Waals surface area (Å²) in [6.45, 7) is 25.5. The van der Waals surface area contributed by atoms with Gasteiger partial charge in [-0.2, -0.15) is 0 Å². The number of benzene rings is 5. The van der Waals surface area contributed by atoms with Gasteiger partial charge in [0.2, 0.25) is 28.5 Å². The van der Waals surface area contributed by atoms with Gasteiger partial charge in [-0.15, -0.1) is 0 Å². The number of rotatable bonds is 9. The summed E-state index contributed by atoms with van der Waals surface area (Å²) in [4.78, 5) is 0. The number of hydrogen-bond acceptors (Lipinski definition) is 0. The van der Waals surface area contributed by atoms with E-state index in [1.165, 1.54) is 73.9 Å². The first kappa shape index (κ1) is 72.2. The Morgan fingerprint density at radius 1 is 0.255 bits per heavy atom. The van der Waals surface area contributed by atoms with E-state index in [9.17, 15) is 0 Å². The lowest BCUT2D eigenvalue weighted by molar-refractivity contribution is -0.661. The summed E-state index contributed by atoms with van der Waals surface area (Å²) in [6, 6.07) is 41.4. The Morgan fingerprint density at radius 3 is 0.922 bits per heavy atom. The van der Waals surface area contributed by atoms with Crippen molar-refractivity contribution in [3.05, 3.63) is 264 Å². The van der Waals surface area contributed by atoms with Crippen LogP contribution in [0.2, 0.25) is 0 Å². The van der Waals surface area contributed by atoms with Crippen molar-refractivity contribution >= 4 is 0 Å². The monoisotopic (exact) mass is 1410 g/mol. The van der Waals surface area contributed by atoms with E-state index < -0.39 is 46.0 Å². The van der Waals surface area contributed by atoms with Gasteiger partial charge >= 0.3 is 0 Å². The van der Waals surface area contributed by atoms with Crippen LogP contribution in [0, 0.1) is 104 Å². The van der Waals surface area contributed by atoms with Crippen molar-refractivity contribution in [2.24, 2.45) is 35.2 Å². The summed E-state index contributed by atoms with van der Waals surface area (Å²) < 4.78 is 140. The summed E-state index contributed by atoms with van der Waals surface area (Å²) in [5, 5.41) is 0. The van der Waals surface area contributed by atoms with Crippen molar-refractivity contribution in [2.75, 3.05) is 0 Å². The average molecular weight is 1410 g/mol. The molecule has 0 fully saturated rings. The molecule has 1 atom stereocenters. The zero-order valence-corrected chi connectivity index (χ0v) is 59.4. The fourth-order valence-corrected chi connectivity index (χ4v) is 11.9. The molecule has 5 heteroatoms. The van der Waals surface area contributed by atoms with Crippen LogP contribution in [0.1, 0.15) is 282 Å². The van der Waals surface area contributed by atoms with E-state index in [0.29, 0.717) is 50.8 Å². The summed E-state index contributed by atoms with van der Waals surface area (Å²) in [5.74, 6) is -1.19. The Balaban J connectivity index is -0.000000447. The molecule has 0 spiro atoms. The van der Waals surface area contributed by atoms with Crippen LogP contribution in [0.3, 0.4) is 0 Å². The Bertz CT molecular complexity index is 4870. The highest BCUT2D eigenvalue weighted by Crippen LogP contribution is 2.31. The van der Waals surface area contributed by atoms with Gasteiger partial charge in [0.05, 0.1) is 0 Å². The molecule has 5 aromatic heterocycles. The number of pyridine rings is 5. The molecule has 0 aliphatic heterocycles. The fraction of sp³-hybridized carbons (Fsp3) is 0.433. The fourth-order valence-electron chi connectivity index (χ4n) is 11.9. The Morgan fingerprint density at radius 2 is 0.569 bits per heavy atom. The highest BCUT2D eigenvalue weighted by molar-refractivity contribution is 5.66. The summed E-state index contributed by atoms with van der Waals surface area (Å²) in [6.07, 6.45) is 9.40. The topological polar surface area (TPSA) is 19.4 Å². The second-order valence-corrected chi connectivity index (χ2v) is 26.1. The highest BCUT2D eigenvalue weighted by Gasteiger charge is 2.21. The highest BCUT2D eigenvalue weighted by atomic mass is 14.9. The lowest BCUT2D eigenvalue weighted by atomic mass is 9.95. The smallest absolute Gasteiger partial charge is 0.201 e. The first-order valence-electron chi connectivity index (χ1n) is 40.4. The first-order valence-corrected chi connectivity index (χ1v) is 31.9. The van der Waals surface area contributed by atoms with Gasteiger partial charge in [-0.05, 0) is 225 Å². The van der Waals surface area contributed by atoms with Gasteiger partial charge in [0.1, 0.15) is 35.2 Å². The van der Waals surface area contributed by atoms with E-state index in [2.05, 4.69) is 153 Å². The van der Waals surface area contributed by atoms with Crippen LogP contribution in [0.25, 0.3) is 56.3 Å². The minimum Gasteiger partial charge on any atom is -0.201 e. The van der Waals surface area contributed by atoms with Crippen LogP contribution in [0.5, 0.6) is 0 Å². The molecule has 0 saturated heterocycles. The van der Waals surface area contributed by atoms with Crippen molar-refractivity contribution in [1.82, 2.24) is 0 Å². The number of aromatic nitrogens is 5. The van der Waals surface area contributed by atoms with E-state index in [0.717, 1.165) is 56.0 Å². The van der Waals surface area contributed by atoms with E-state index >= 15 is 0 Å². The van der Waals surface area contributed by atoms with Gasteiger partial charge in [0.25, 0.3) is 0 Å². The maximum Gasteiger partial charge on any atom is 0.212 e. The lowest BCUT2D eigenvalue weighted by Gasteiger charge is -2.12. The minimum atomic E-state index is -2.43. The molecule has 0 saturated carbocycles. The molecule has 102 heavy (non-hydrogen) atoms. The Labute approximate surface area is 655 Å². The van der Waals surface area contributed by atoms with Crippen molar-refractivity contribution in [3.63, 3.8) is 0 Å². The molecule has 5 aromatic carbocycles. The van der Waals surface area contributed by atoms with Crippen LogP contribution in [0.15, 0.2) is 158 Å². The van der Waals surface area contributed by atoms with Gasteiger partial charge < -0.3 is 0 Å². The van der Waals surface area contributed by atoms with E-state index in [1.54, 1.807) is 98.1 Å². The molecular formula is C97H154N5+5. The first-order chi connectivity index (χ1) is 49.9. The molecule has 0 amide bonds. The zero-order chi connectivity index (χ0) is 82.7. The van der Waals surface area contributed by atoms with Gasteiger partial charge in [-0.3, -0.25) is 0 Å². The molecule has 5 nitrogen and oxygen atoms in total. The van der Waals surface area contributed by atoms with Crippen molar-refractivity contribution < 1.29 is 46.1 Å². The zero-order valence-electron chi connectivity index (χ0n) is 76.4. The van der Waals surface area contributed by atoms with Crippen LogP contribution >= 0.6 is 0 Å². The molecule has 10 aromatic rings. The molecule has 1 unspecified atom stereocenters. The third kappa shape index (κ3) is 26.3. The maximum atomic E-state index is 8.23. The predicted molar refractivity (Wildman–Crippen MR) is 460 cm³/mol. The Kier molecular flexibility index (Phi) is 31.9. The van der Waals surface area contributed by atoms with E-state index in [-0.39, 0.29) is 74.3 Å². The van der Waals surface area contributed by atoms with Crippen LogP contribution in [0.4, 0.5) is 0 Å². The van der Waals surface area contributed by atoms with Crippen molar-refractivity contribution in [2.45, 2.75) is 257 Å². The normalized spacial score (nSPS) is 13.7. The second-order valence-electron chi connectivity index (χ2n) is 26.1. The molecule has 0 aliphatic rings. The third-order valence-corrected chi connectivity index (χ3v) is 17.2. The summed E-state index contributed by atoms with van der Waals surface area (Å²) in [5.41, 5.74) is 28.4. The molecule has 10 rings (SSSR count). The average Bonchev–Trinajstić information content (AvgIpc) is 0.766. The van der Waals surface area contributed by atoms with Gasteiger partial charge in [0.15, 0.2) is 31.0 Å². The van der Waals surface area contributed by atoms with Gasteiger partial charge in [-0.25, -0.2) is 22.8 Å². The molecule has 0 N–H and O–H groups in total. The van der Waals surface area contributed by atoms with Crippen LogP contribution < -0.4 is 22.8 Å². The third-order valence-electron chi connectivity index (χ3n) is 17.2. The maximum absolute atomic E-state index is 8.23. The lowest BCUT2D eigenvalue weighted by Crippen LogP contribution is -2.32. The van der Waals surface area contributed by atoms with Crippen LogP contribution in [-0.2, 0) is 35.2 Å². The summed E-state index contributed by atoms with van der Waals surface area (Å²) >= 11 is 0. The Hall–Kier alpha value is -8.15. The van der Waals surface area contributed by atoms with Crippen molar-refractivity contribution in [3.8, 4) is 56.3 Å². The van der Waals surface area contributed by atoms with Crippen molar-refractivity contribution in [1.29, 1.82) is 0 Å². The minimum absolute atomic E-state index is 0. The predicted octanol–water partition coefficient (Wildman–Crippen LogP) is 26.4. The molecule has 562 valence electrons. The number of aryl methyl sites for hydroxylation is 20. The standard InChI is InChI=1S/3C18H24N.C17H22N.C16H20N.10CH4/c1-12(2)16-7-8-17(14(4)9-16)18-10-13(3)15(5)11-19(18)6;1-12(2)17-10-18(19(6)11-15(17)5)16-8-7-13(3)9-14(16)4;1-12(2)17-11-19(6)18(10-15(17)5)16-8-7-13(3)9-14(16)4;1-12(2)15-7-8-16(14(4)10-15)17-9-6-13(3)11-18(17)5;1-11-6-7-15(13(3)8-11)16-9-12(2)14(4)10-17(16)5;;;;;;;;;;/h3*7-12H,1-6H3;6-12H,1-5H3;6-10H,1-5H3;10*1H4/q5*+1;;;;;;;;;;/i1D3,5D3,12D;;;3D3,12D;1D3,4D3;;;;;;;;;;. The van der Waals surface area contributed by atoms with Crippen LogP contribution in [-0.4, -0.2) is 0 Å². The van der Waals surface area contributed by atoms with Gasteiger partial charge in [0, 0.05) is 109 Å².